The van der Waals surface area contributed by atoms with E-state index in [9.17, 15) is 9.59 Å². The number of hydrogen-bond donors (Lipinski definition) is 0. The summed E-state index contributed by atoms with van der Waals surface area (Å²) in [5, 5.41) is 0. The monoisotopic (exact) mass is 475 g/mol. The molecule has 2 heterocycles. The second-order valence-corrected chi connectivity index (χ2v) is 8.37. The Balaban J connectivity index is 1.60. The quantitative estimate of drug-likeness (QED) is 0.459. The smallest absolute Gasteiger partial charge is 0.309 e. The Morgan fingerprint density at radius 3 is 2.29 bits per heavy atom. The number of likely N-dealkylation sites (tertiary alicyclic amines) is 1. The predicted molar refractivity (Wildman–Crippen MR) is 131 cm³/mol. The molecular formula is C27H29N3O5. The summed E-state index contributed by atoms with van der Waals surface area (Å²) in [4.78, 5) is 36.3. The van der Waals surface area contributed by atoms with Gasteiger partial charge in [-0.3, -0.25) is 9.59 Å². The largest absolute Gasteiger partial charge is 0.497 e. The molecule has 35 heavy (non-hydrogen) atoms. The number of amides is 1. The van der Waals surface area contributed by atoms with Gasteiger partial charge in [0.1, 0.15) is 17.1 Å². The molecule has 0 atom stereocenters. The lowest BCUT2D eigenvalue weighted by Crippen LogP contribution is -2.40. The molecule has 1 aliphatic rings. The van der Waals surface area contributed by atoms with Crippen LogP contribution in [0.3, 0.4) is 0 Å². The first-order valence-electron chi connectivity index (χ1n) is 11.7. The van der Waals surface area contributed by atoms with Gasteiger partial charge in [-0.05, 0) is 63.1 Å². The molecule has 0 saturated carbocycles. The van der Waals surface area contributed by atoms with Crippen LogP contribution in [-0.4, -0.2) is 53.6 Å². The SMILES string of the molecule is CCOC(=O)C1CCN(C(=O)c2cnc(-c3ccc(OC)cc3)nc2Oc2ccc(C)cc2)CC1. The van der Waals surface area contributed by atoms with Crippen molar-refractivity contribution >= 4 is 11.9 Å². The van der Waals surface area contributed by atoms with Gasteiger partial charge in [0.15, 0.2) is 5.82 Å². The number of aromatic nitrogens is 2. The van der Waals surface area contributed by atoms with Crippen molar-refractivity contribution in [3.63, 3.8) is 0 Å². The Kier molecular flexibility index (Phi) is 7.60. The first kappa shape index (κ1) is 24.2. The van der Waals surface area contributed by atoms with Crippen LogP contribution in [0.4, 0.5) is 0 Å². The summed E-state index contributed by atoms with van der Waals surface area (Å²) in [5.74, 6) is 1.31. The fourth-order valence-electron chi connectivity index (χ4n) is 3.94. The van der Waals surface area contributed by atoms with Crippen LogP contribution >= 0.6 is 0 Å². The van der Waals surface area contributed by atoms with Crippen molar-refractivity contribution in [3.05, 3.63) is 65.9 Å². The number of esters is 1. The first-order chi connectivity index (χ1) is 17.0. The number of ether oxygens (including phenoxy) is 3. The van der Waals surface area contributed by atoms with Crippen molar-refractivity contribution in [2.75, 3.05) is 26.8 Å². The van der Waals surface area contributed by atoms with Gasteiger partial charge in [0.05, 0.1) is 19.6 Å². The molecule has 0 radical (unpaired) electrons. The topological polar surface area (TPSA) is 90.9 Å². The predicted octanol–water partition coefficient (Wildman–Crippen LogP) is 4.67. The standard InChI is InChI=1S/C27H29N3O5/c1-4-34-27(32)20-13-15-30(16-14-20)26(31)23-17-28-24(19-7-11-21(33-3)12-8-19)29-25(23)35-22-9-5-18(2)6-10-22/h5-12,17,20H,4,13-16H2,1-3H3. The Labute approximate surface area is 204 Å². The Morgan fingerprint density at radius 2 is 1.66 bits per heavy atom. The highest BCUT2D eigenvalue weighted by Gasteiger charge is 2.30. The van der Waals surface area contributed by atoms with Crippen molar-refractivity contribution in [3.8, 4) is 28.8 Å². The number of carbonyl (C=O) groups is 2. The third kappa shape index (κ3) is 5.77. The molecule has 0 spiro atoms. The van der Waals surface area contributed by atoms with Gasteiger partial charge in [0.2, 0.25) is 5.88 Å². The molecule has 1 aliphatic heterocycles. The second-order valence-electron chi connectivity index (χ2n) is 8.37. The van der Waals surface area contributed by atoms with E-state index >= 15 is 0 Å². The lowest BCUT2D eigenvalue weighted by molar-refractivity contribution is -0.149. The summed E-state index contributed by atoms with van der Waals surface area (Å²) in [7, 11) is 1.61. The minimum absolute atomic E-state index is 0.184. The molecule has 1 aromatic heterocycles. The number of aryl methyl sites for hydroxylation is 1. The number of benzene rings is 2. The van der Waals surface area contributed by atoms with Gasteiger partial charge in [-0.1, -0.05) is 17.7 Å². The zero-order valence-electron chi connectivity index (χ0n) is 20.2. The van der Waals surface area contributed by atoms with Gasteiger partial charge >= 0.3 is 5.97 Å². The summed E-state index contributed by atoms with van der Waals surface area (Å²) < 4.78 is 16.4. The van der Waals surface area contributed by atoms with Crippen LogP contribution in [0.25, 0.3) is 11.4 Å². The van der Waals surface area contributed by atoms with E-state index in [1.165, 1.54) is 6.20 Å². The number of methoxy groups -OCH3 is 1. The third-order valence-corrected chi connectivity index (χ3v) is 5.97. The summed E-state index contributed by atoms with van der Waals surface area (Å²) in [5.41, 5.74) is 2.14. The summed E-state index contributed by atoms with van der Waals surface area (Å²) >= 11 is 0. The normalized spacial score (nSPS) is 13.9. The minimum Gasteiger partial charge on any atom is -0.497 e. The van der Waals surface area contributed by atoms with Crippen LogP contribution in [0.5, 0.6) is 17.4 Å². The lowest BCUT2D eigenvalue weighted by atomic mass is 9.96. The number of piperidine rings is 1. The Hall–Kier alpha value is -3.94. The van der Waals surface area contributed by atoms with Gasteiger partial charge in [0, 0.05) is 24.8 Å². The van der Waals surface area contributed by atoms with Crippen molar-refractivity contribution in [2.24, 2.45) is 5.92 Å². The molecule has 0 bridgehead atoms. The highest BCUT2D eigenvalue weighted by molar-refractivity contribution is 5.96. The number of carbonyl (C=O) groups excluding carboxylic acids is 2. The molecular weight excluding hydrogens is 446 g/mol. The molecule has 0 N–H and O–H groups in total. The van der Waals surface area contributed by atoms with E-state index in [1.54, 1.807) is 18.9 Å². The average molecular weight is 476 g/mol. The van der Waals surface area contributed by atoms with Crippen molar-refractivity contribution < 1.29 is 23.8 Å². The van der Waals surface area contributed by atoms with Crippen molar-refractivity contribution in [1.29, 1.82) is 0 Å². The molecule has 8 heteroatoms. The molecule has 1 amide bonds. The maximum Gasteiger partial charge on any atom is 0.309 e. The molecule has 0 aliphatic carbocycles. The third-order valence-electron chi connectivity index (χ3n) is 5.97. The fraction of sp³-hybridized carbons (Fsp3) is 0.333. The van der Waals surface area contributed by atoms with Crippen molar-refractivity contribution in [2.45, 2.75) is 26.7 Å². The van der Waals surface area contributed by atoms with Gasteiger partial charge in [-0.2, -0.15) is 4.98 Å². The zero-order chi connectivity index (χ0) is 24.8. The zero-order valence-corrected chi connectivity index (χ0v) is 20.2. The van der Waals surface area contributed by atoms with Crippen LogP contribution in [0, 0.1) is 12.8 Å². The van der Waals surface area contributed by atoms with E-state index < -0.39 is 0 Å². The van der Waals surface area contributed by atoms with Crippen LogP contribution < -0.4 is 9.47 Å². The van der Waals surface area contributed by atoms with Gasteiger partial charge in [0.25, 0.3) is 5.91 Å². The second kappa shape index (κ2) is 11.0. The molecule has 3 aromatic rings. The van der Waals surface area contributed by atoms with E-state index in [-0.39, 0.29) is 29.2 Å². The van der Waals surface area contributed by atoms with E-state index in [1.807, 2.05) is 55.5 Å². The van der Waals surface area contributed by atoms with Crippen LogP contribution in [0.2, 0.25) is 0 Å². The first-order valence-corrected chi connectivity index (χ1v) is 11.7. The number of nitrogens with zero attached hydrogens (tertiary/aromatic N) is 3. The van der Waals surface area contributed by atoms with Gasteiger partial charge < -0.3 is 19.1 Å². The maximum absolute atomic E-state index is 13.4. The maximum atomic E-state index is 13.4. The Morgan fingerprint density at radius 1 is 1.00 bits per heavy atom. The molecule has 182 valence electrons. The summed E-state index contributed by atoms with van der Waals surface area (Å²) in [6.45, 7) is 5.04. The van der Waals surface area contributed by atoms with E-state index in [4.69, 9.17) is 14.2 Å². The van der Waals surface area contributed by atoms with Crippen molar-refractivity contribution in [1.82, 2.24) is 14.9 Å². The number of hydrogen-bond acceptors (Lipinski definition) is 7. The lowest BCUT2D eigenvalue weighted by Gasteiger charge is -2.31. The highest BCUT2D eigenvalue weighted by Crippen LogP contribution is 2.29. The van der Waals surface area contributed by atoms with Crippen LogP contribution in [0.1, 0.15) is 35.7 Å². The van der Waals surface area contributed by atoms with Crippen LogP contribution in [0.15, 0.2) is 54.7 Å². The van der Waals surface area contributed by atoms with E-state index in [2.05, 4.69) is 9.97 Å². The highest BCUT2D eigenvalue weighted by atomic mass is 16.5. The summed E-state index contributed by atoms with van der Waals surface area (Å²) in [6, 6.07) is 14.9. The Bertz CT molecular complexity index is 1170. The molecule has 0 unspecified atom stereocenters. The molecule has 2 aromatic carbocycles. The van der Waals surface area contributed by atoms with Crippen LogP contribution in [-0.2, 0) is 9.53 Å². The van der Waals surface area contributed by atoms with E-state index in [0.717, 1.165) is 16.9 Å². The van der Waals surface area contributed by atoms with Gasteiger partial charge in [-0.15, -0.1) is 0 Å². The minimum atomic E-state index is -0.226. The van der Waals surface area contributed by atoms with E-state index in [0.29, 0.717) is 44.1 Å². The number of rotatable bonds is 7. The summed E-state index contributed by atoms with van der Waals surface area (Å²) in [6.07, 6.45) is 2.63. The average Bonchev–Trinajstić information content (AvgIpc) is 2.90. The van der Waals surface area contributed by atoms with Gasteiger partial charge in [-0.25, -0.2) is 4.98 Å². The molecule has 1 saturated heterocycles. The molecule has 4 rings (SSSR count). The fourth-order valence-corrected chi connectivity index (χ4v) is 3.94. The molecule has 1 fully saturated rings. The molecule has 8 nitrogen and oxygen atoms in total.